The maximum atomic E-state index is 13.0. The van der Waals surface area contributed by atoms with E-state index in [9.17, 15) is 9.18 Å². The average molecular weight is 345 g/mol. The van der Waals surface area contributed by atoms with Crippen LogP contribution in [-0.2, 0) is 9.53 Å². The van der Waals surface area contributed by atoms with Crippen LogP contribution in [-0.4, -0.2) is 46.7 Å². The minimum atomic E-state index is -0.296. The van der Waals surface area contributed by atoms with Gasteiger partial charge in [0.25, 0.3) is 5.91 Å². The molecule has 0 radical (unpaired) electrons. The standard InChI is InChI=1S/C18H20FN3O3/c19-14-5-3-12(4-6-14)16-20-17(25-21-16)13-7-9-22(10-8-13)18(23)15-2-1-11-24-15/h3-6,13,15H,1-2,7-11H2. The molecule has 7 heteroatoms. The Morgan fingerprint density at radius 2 is 1.92 bits per heavy atom. The minimum absolute atomic E-state index is 0.105. The molecule has 4 rings (SSSR count). The van der Waals surface area contributed by atoms with Crippen molar-refractivity contribution in [2.75, 3.05) is 19.7 Å². The van der Waals surface area contributed by atoms with Crippen molar-refractivity contribution in [3.8, 4) is 11.4 Å². The van der Waals surface area contributed by atoms with Crippen LogP contribution in [0.15, 0.2) is 28.8 Å². The third-order valence-corrected chi connectivity index (χ3v) is 4.91. The molecule has 2 aromatic rings. The number of rotatable bonds is 3. The third-order valence-electron chi connectivity index (χ3n) is 4.91. The molecule has 0 spiro atoms. The molecule has 3 heterocycles. The van der Waals surface area contributed by atoms with Gasteiger partial charge >= 0.3 is 0 Å². The normalized spacial score (nSPS) is 21.6. The lowest BCUT2D eigenvalue weighted by atomic mass is 9.96. The molecule has 25 heavy (non-hydrogen) atoms. The number of hydrogen-bond donors (Lipinski definition) is 0. The van der Waals surface area contributed by atoms with Gasteiger partial charge in [-0.2, -0.15) is 4.98 Å². The number of carbonyl (C=O) groups excluding carboxylic acids is 1. The molecule has 132 valence electrons. The molecule has 2 saturated heterocycles. The van der Waals surface area contributed by atoms with E-state index < -0.39 is 0 Å². The van der Waals surface area contributed by atoms with Crippen molar-refractivity contribution in [1.82, 2.24) is 15.0 Å². The Hall–Kier alpha value is -2.28. The molecule has 1 aromatic heterocycles. The van der Waals surface area contributed by atoms with Gasteiger partial charge in [0, 0.05) is 31.2 Å². The first-order valence-electron chi connectivity index (χ1n) is 8.70. The van der Waals surface area contributed by atoms with Crippen LogP contribution >= 0.6 is 0 Å². The second-order valence-corrected chi connectivity index (χ2v) is 6.56. The number of piperidine rings is 1. The van der Waals surface area contributed by atoms with E-state index in [1.807, 2.05) is 4.90 Å². The number of carbonyl (C=O) groups is 1. The van der Waals surface area contributed by atoms with Gasteiger partial charge in [-0.25, -0.2) is 4.39 Å². The van der Waals surface area contributed by atoms with Crippen LogP contribution in [0, 0.1) is 5.82 Å². The summed E-state index contributed by atoms with van der Waals surface area (Å²) < 4.78 is 23.9. The monoisotopic (exact) mass is 345 g/mol. The van der Waals surface area contributed by atoms with Crippen molar-refractivity contribution in [3.63, 3.8) is 0 Å². The van der Waals surface area contributed by atoms with Crippen LogP contribution in [0.25, 0.3) is 11.4 Å². The van der Waals surface area contributed by atoms with Gasteiger partial charge in [0.1, 0.15) is 11.9 Å². The molecule has 1 atom stereocenters. The summed E-state index contributed by atoms with van der Waals surface area (Å²) in [4.78, 5) is 18.7. The maximum Gasteiger partial charge on any atom is 0.251 e. The van der Waals surface area contributed by atoms with E-state index in [0.29, 0.717) is 31.4 Å². The van der Waals surface area contributed by atoms with Gasteiger partial charge in [0.2, 0.25) is 11.7 Å². The first-order chi connectivity index (χ1) is 12.2. The summed E-state index contributed by atoms with van der Waals surface area (Å²) in [6.45, 7) is 2.04. The summed E-state index contributed by atoms with van der Waals surface area (Å²) in [5.41, 5.74) is 0.724. The topological polar surface area (TPSA) is 68.5 Å². The first-order valence-corrected chi connectivity index (χ1v) is 8.70. The lowest BCUT2D eigenvalue weighted by Gasteiger charge is -2.31. The molecule has 2 fully saturated rings. The highest BCUT2D eigenvalue weighted by Crippen LogP contribution is 2.29. The van der Waals surface area contributed by atoms with Crippen LogP contribution in [0.3, 0.4) is 0 Å². The Bertz CT molecular complexity index is 732. The van der Waals surface area contributed by atoms with E-state index in [2.05, 4.69) is 10.1 Å². The van der Waals surface area contributed by atoms with Crippen molar-refractivity contribution in [2.24, 2.45) is 0 Å². The second-order valence-electron chi connectivity index (χ2n) is 6.56. The van der Waals surface area contributed by atoms with Crippen LogP contribution in [0.1, 0.15) is 37.5 Å². The zero-order valence-electron chi connectivity index (χ0n) is 13.9. The molecule has 0 aliphatic carbocycles. The lowest BCUT2D eigenvalue weighted by molar-refractivity contribution is -0.142. The molecule has 0 N–H and O–H groups in total. The Balaban J connectivity index is 1.38. The largest absolute Gasteiger partial charge is 0.368 e. The van der Waals surface area contributed by atoms with Crippen molar-refractivity contribution in [3.05, 3.63) is 36.0 Å². The Labute approximate surface area is 145 Å². The summed E-state index contributed by atoms with van der Waals surface area (Å²) in [6.07, 6.45) is 3.11. The zero-order valence-corrected chi connectivity index (χ0v) is 13.9. The summed E-state index contributed by atoms with van der Waals surface area (Å²) in [5.74, 6) is 1.01. The maximum absolute atomic E-state index is 13.0. The van der Waals surface area contributed by atoms with E-state index in [-0.39, 0.29) is 23.7 Å². The van der Waals surface area contributed by atoms with E-state index in [1.54, 1.807) is 12.1 Å². The zero-order chi connectivity index (χ0) is 17.2. The molecule has 0 bridgehead atoms. The average Bonchev–Trinajstić information content (AvgIpc) is 3.34. The summed E-state index contributed by atoms with van der Waals surface area (Å²) in [5, 5.41) is 4.00. The van der Waals surface area contributed by atoms with E-state index >= 15 is 0 Å². The van der Waals surface area contributed by atoms with E-state index in [0.717, 1.165) is 31.2 Å². The molecular formula is C18H20FN3O3. The number of likely N-dealkylation sites (tertiary alicyclic amines) is 1. The number of aromatic nitrogens is 2. The van der Waals surface area contributed by atoms with Gasteiger partial charge in [-0.3, -0.25) is 4.79 Å². The Morgan fingerprint density at radius 1 is 1.16 bits per heavy atom. The van der Waals surface area contributed by atoms with Gasteiger partial charge in [-0.1, -0.05) is 5.16 Å². The number of amides is 1. The highest BCUT2D eigenvalue weighted by Gasteiger charge is 2.32. The number of benzene rings is 1. The number of halogens is 1. The molecular weight excluding hydrogens is 325 g/mol. The highest BCUT2D eigenvalue weighted by atomic mass is 19.1. The first kappa shape index (κ1) is 16.2. The third kappa shape index (κ3) is 3.42. The van der Waals surface area contributed by atoms with Gasteiger partial charge in [-0.15, -0.1) is 0 Å². The molecule has 2 aliphatic heterocycles. The van der Waals surface area contributed by atoms with Gasteiger partial charge in [0.05, 0.1) is 0 Å². The van der Waals surface area contributed by atoms with Gasteiger partial charge in [-0.05, 0) is 49.9 Å². The van der Waals surface area contributed by atoms with Gasteiger partial charge in [0.15, 0.2) is 0 Å². The summed E-state index contributed by atoms with van der Waals surface area (Å²) in [7, 11) is 0. The summed E-state index contributed by atoms with van der Waals surface area (Å²) >= 11 is 0. The fraction of sp³-hybridized carbons (Fsp3) is 0.500. The van der Waals surface area contributed by atoms with Crippen LogP contribution in [0.2, 0.25) is 0 Å². The molecule has 1 amide bonds. The molecule has 0 saturated carbocycles. The minimum Gasteiger partial charge on any atom is -0.368 e. The second kappa shape index (κ2) is 6.92. The van der Waals surface area contributed by atoms with Crippen molar-refractivity contribution >= 4 is 5.91 Å². The van der Waals surface area contributed by atoms with Crippen molar-refractivity contribution in [1.29, 1.82) is 0 Å². The predicted octanol–water partition coefficient (Wildman–Crippen LogP) is 2.76. The Morgan fingerprint density at radius 3 is 2.60 bits per heavy atom. The number of nitrogens with zero attached hydrogens (tertiary/aromatic N) is 3. The molecule has 1 aromatic carbocycles. The fourth-order valence-electron chi connectivity index (χ4n) is 3.44. The molecule has 2 aliphatic rings. The highest BCUT2D eigenvalue weighted by molar-refractivity contribution is 5.81. The summed E-state index contributed by atoms with van der Waals surface area (Å²) in [6, 6.07) is 6.01. The number of hydrogen-bond acceptors (Lipinski definition) is 5. The van der Waals surface area contributed by atoms with Crippen molar-refractivity contribution < 1.29 is 18.4 Å². The predicted molar refractivity (Wildman–Crippen MR) is 87.2 cm³/mol. The van der Waals surface area contributed by atoms with Crippen molar-refractivity contribution in [2.45, 2.75) is 37.7 Å². The van der Waals surface area contributed by atoms with Crippen LogP contribution in [0.5, 0.6) is 0 Å². The lowest BCUT2D eigenvalue weighted by Crippen LogP contribution is -2.43. The smallest absolute Gasteiger partial charge is 0.251 e. The van der Waals surface area contributed by atoms with E-state index in [1.165, 1.54) is 12.1 Å². The quantitative estimate of drug-likeness (QED) is 0.856. The van der Waals surface area contributed by atoms with Crippen LogP contribution in [0.4, 0.5) is 4.39 Å². The fourth-order valence-corrected chi connectivity index (χ4v) is 3.44. The Kier molecular flexibility index (Phi) is 4.48. The van der Waals surface area contributed by atoms with Gasteiger partial charge < -0.3 is 14.2 Å². The SMILES string of the molecule is O=C(C1CCCO1)N1CCC(c2nc(-c3ccc(F)cc3)no2)CC1. The molecule has 1 unspecified atom stereocenters. The van der Waals surface area contributed by atoms with Crippen LogP contribution < -0.4 is 0 Å². The van der Waals surface area contributed by atoms with E-state index in [4.69, 9.17) is 9.26 Å². The molecule has 6 nitrogen and oxygen atoms in total. The number of ether oxygens (including phenoxy) is 1.